The number of fused-ring (bicyclic) bond motifs is 1. The molecule has 2 saturated carbocycles. The monoisotopic (exact) mass is 182 g/mol. The van der Waals surface area contributed by atoms with Crippen LogP contribution >= 0.6 is 0 Å². The quantitative estimate of drug-likeness (QED) is 0.677. The van der Waals surface area contributed by atoms with Crippen molar-refractivity contribution in [1.82, 2.24) is 0 Å². The fourth-order valence-electron chi connectivity index (χ4n) is 3.22. The average molecular weight is 182 g/mol. The molecule has 2 nitrogen and oxygen atoms in total. The minimum atomic E-state index is -0.547. The Balaban J connectivity index is 2.06. The van der Waals surface area contributed by atoms with Gasteiger partial charge in [0.1, 0.15) is 0 Å². The van der Waals surface area contributed by atoms with E-state index in [0.29, 0.717) is 5.92 Å². The van der Waals surface area contributed by atoms with Crippen LogP contribution in [0.15, 0.2) is 0 Å². The molecule has 13 heavy (non-hydrogen) atoms. The van der Waals surface area contributed by atoms with Gasteiger partial charge in [0, 0.05) is 0 Å². The topological polar surface area (TPSA) is 37.3 Å². The largest absolute Gasteiger partial charge is 0.481 e. The van der Waals surface area contributed by atoms with Crippen molar-refractivity contribution >= 4 is 5.97 Å². The van der Waals surface area contributed by atoms with Crippen LogP contribution < -0.4 is 0 Å². The van der Waals surface area contributed by atoms with Crippen molar-refractivity contribution < 1.29 is 9.90 Å². The Labute approximate surface area is 79.3 Å². The lowest BCUT2D eigenvalue weighted by Crippen LogP contribution is -2.21. The van der Waals surface area contributed by atoms with Gasteiger partial charge in [-0.25, -0.2) is 0 Å². The molecule has 2 aliphatic carbocycles. The highest BCUT2D eigenvalue weighted by molar-refractivity contribution is 5.70. The number of hydrogen-bond donors (Lipinski definition) is 1. The molecule has 0 heterocycles. The van der Waals surface area contributed by atoms with Gasteiger partial charge in [0.2, 0.25) is 0 Å². The van der Waals surface area contributed by atoms with E-state index in [0.717, 1.165) is 12.3 Å². The van der Waals surface area contributed by atoms with Crippen molar-refractivity contribution in [2.75, 3.05) is 0 Å². The highest BCUT2D eigenvalue weighted by Gasteiger charge is 2.39. The molecule has 2 fully saturated rings. The van der Waals surface area contributed by atoms with Crippen LogP contribution in [-0.2, 0) is 4.79 Å². The van der Waals surface area contributed by atoms with Crippen molar-refractivity contribution in [3.05, 3.63) is 0 Å². The van der Waals surface area contributed by atoms with Crippen LogP contribution in [0.3, 0.4) is 0 Å². The Morgan fingerprint density at radius 3 is 2.54 bits per heavy atom. The smallest absolute Gasteiger partial charge is 0.306 e. The zero-order valence-electron chi connectivity index (χ0n) is 8.04. The lowest BCUT2D eigenvalue weighted by Gasteiger charge is -2.19. The Bertz CT molecular complexity index is 200. The Kier molecular flexibility index (Phi) is 2.56. The van der Waals surface area contributed by atoms with Crippen LogP contribution in [0.5, 0.6) is 0 Å². The van der Waals surface area contributed by atoms with Gasteiger partial charge in [-0.3, -0.25) is 4.79 Å². The van der Waals surface area contributed by atoms with E-state index in [-0.39, 0.29) is 5.92 Å². The molecule has 0 bridgehead atoms. The molecule has 0 amide bonds. The van der Waals surface area contributed by atoms with Crippen molar-refractivity contribution in [3.63, 3.8) is 0 Å². The van der Waals surface area contributed by atoms with Gasteiger partial charge in [0.05, 0.1) is 5.92 Å². The summed E-state index contributed by atoms with van der Waals surface area (Å²) in [5.74, 6) is 0.695. The summed E-state index contributed by atoms with van der Waals surface area (Å²) in [6, 6.07) is 0. The van der Waals surface area contributed by atoms with Crippen LogP contribution in [0.25, 0.3) is 0 Å². The minimum absolute atomic E-state index is 0.0110. The van der Waals surface area contributed by atoms with Gasteiger partial charge in [-0.2, -0.15) is 0 Å². The molecule has 2 rings (SSSR count). The zero-order chi connectivity index (χ0) is 9.26. The van der Waals surface area contributed by atoms with E-state index in [1.54, 1.807) is 0 Å². The van der Waals surface area contributed by atoms with E-state index in [4.69, 9.17) is 5.11 Å². The first-order valence-corrected chi connectivity index (χ1v) is 5.52. The van der Waals surface area contributed by atoms with Crippen LogP contribution in [0.4, 0.5) is 0 Å². The molecule has 0 aromatic carbocycles. The van der Waals surface area contributed by atoms with Crippen LogP contribution in [0.2, 0.25) is 0 Å². The molecular formula is C11H18O2. The summed E-state index contributed by atoms with van der Waals surface area (Å²) in [4.78, 5) is 11.0. The van der Waals surface area contributed by atoms with E-state index >= 15 is 0 Å². The second kappa shape index (κ2) is 3.69. The summed E-state index contributed by atoms with van der Waals surface area (Å²) < 4.78 is 0. The number of aliphatic carboxylic acids is 1. The van der Waals surface area contributed by atoms with E-state index in [1.165, 1.54) is 38.5 Å². The lowest BCUT2D eigenvalue weighted by atomic mass is 9.86. The van der Waals surface area contributed by atoms with E-state index < -0.39 is 5.97 Å². The third-order valence-electron chi connectivity index (χ3n) is 3.90. The van der Waals surface area contributed by atoms with Gasteiger partial charge in [0.25, 0.3) is 0 Å². The van der Waals surface area contributed by atoms with Gasteiger partial charge in [-0.05, 0) is 31.1 Å². The molecule has 74 valence electrons. The maximum Gasteiger partial charge on any atom is 0.306 e. The van der Waals surface area contributed by atoms with Crippen molar-refractivity contribution in [3.8, 4) is 0 Å². The van der Waals surface area contributed by atoms with Crippen LogP contribution in [0, 0.1) is 17.8 Å². The highest BCUT2D eigenvalue weighted by Crippen LogP contribution is 2.44. The summed E-state index contributed by atoms with van der Waals surface area (Å²) in [7, 11) is 0. The Hall–Kier alpha value is -0.530. The van der Waals surface area contributed by atoms with Crippen LogP contribution in [-0.4, -0.2) is 11.1 Å². The molecule has 0 aliphatic heterocycles. The standard InChI is InChI=1S/C11H18O2/c12-11(13)10-7-6-8-4-2-1-3-5-9(8)10/h8-10H,1-7H2,(H,12,13). The molecule has 1 N–H and O–H groups in total. The first kappa shape index (κ1) is 9.04. The number of hydrogen-bond acceptors (Lipinski definition) is 1. The molecule has 0 aromatic heterocycles. The van der Waals surface area contributed by atoms with Gasteiger partial charge < -0.3 is 5.11 Å². The summed E-state index contributed by atoms with van der Waals surface area (Å²) in [5, 5.41) is 9.04. The molecule has 3 unspecified atom stereocenters. The first-order chi connectivity index (χ1) is 6.29. The number of rotatable bonds is 1. The third kappa shape index (κ3) is 1.72. The van der Waals surface area contributed by atoms with Gasteiger partial charge >= 0.3 is 5.97 Å². The summed E-state index contributed by atoms with van der Waals surface area (Å²) in [6.45, 7) is 0. The molecule has 0 radical (unpaired) electrons. The average Bonchev–Trinajstić information content (AvgIpc) is 2.36. The van der Waals surface area contributed by atoms with Crippen molar-refractivity contribution in [1.29, 1.82) is 0 Å². The zero-order valence-corrected chi connectivity index (χ0v) is 8.04. The SMILES string of the molecule is O=C(O)C1CCC2CCCCCC21. The maximum atomic E-state index is 11.0. The Morgan fingerprint density at radius 1 is 1.00 bits per heavy atom. The second-order valence-electron chi connectivity index (χ2n) is 4.58. The molecule has 0 saturated heterocycles. The van der Waals surface area contributed by atoms with Crippen molar-refractivity contribution in [2.24, 2.45) is 17.8 Å². The Morgan fingerprint density at radius 2 is 1.77 bits per heavy atom. The van der Waals surface area contributed by atoms with Gasteiger partial charge in [-0.1, -0.05) is 25.7 Å². The number of carbonyl (C=O) groups is 1. The summed E-state index contributed by atoms with van der Waals surface area (Å²) >= 11 is 0. The minimum Gasteiger partial charge on any atom is -0.481 e. The molecule has 3 atom stereocenters. The summed E-state index contributed by atoms with van der Waals surface area (Å²) in [6.07, 6.45) is 8.46. The van der Waals surface area contributed by atoms with E-state index in [2.05, 4.69) is 0 Å². The number of carboxylic acids is 1. The molecular weight excluding hydrogens is 164 g/mol. The predicted molar refractivity (Wildman–Crippen MR) is 50.4 cm³/mol. The molecule has 0 spiro atoms. The highest BCUT2D eigenvalue weighted by atomic mass is 16.4. The summed E-state index contributed by atoms with van der Waals surface area (Å²) in [5.41, 5.74) is 0. The fraction of sp³-hybridized carbons (Fsp3) is 0.909. The second-order valence-corrected chi connectivity index (χ2v) is 4.58. The van der Waals surface area contributed by atoms with Gasteiger partial charge in [0.15, 0.2) is 0 Å². The molecule has 0 aromatic rings. The fourth-order valence-corrected chi connectivity index (χ4v) is 3.22. The first-order valence-electron chi connectivity index (χ1n) is 5.52. The molecule has 2 aliphatic rings. The lowest BCUT2D eigenvalue weighted by molar-refractivity contribution is -0.143. The van der Waals surface area contributed by atoms with Gasteiger partial charge in [-0.15, -0.1) is 0 Å². The molecule has 2 heteroatoms. The maximum absolute atomic E-state index is 11.0. The van der Waals surface area contributed by atoms with Crippen LogP contribution in [0.1, 0.15) is 44.9 Å². The third-order valence-corrected chi connectivity index (χ3v) is 3.90. The predicted octanol–water partition coefficient (Wildman–Crippen LogP) is 2.68. The van der Waals surface area contributed by atoms with Crippen molar-refractivity contribution in [2.45, 2.75) is 44.9 Å². The normalized spacial score (nSPS) is 39.5. The van der Waals surface area contributed by atoms with E-state index in [9.17, 15) is 4.79 Å². The number of carboxylic acid groups (broad SMARTS) is 1. The van der Waals surface area contributed by atoms with E-state index in [1.807, 2.05) is 0 Å².